The largest absolute Gasteiger partial charge is 0.496 e. The lowest BCUT2D eigenvalue weighted by atomic mass is 10.0. The van der Waals surface area contributed by atoms with Crippen LogP contribution in [0.2, 0.25) is 0 Å². The number of aromatic nitrogens is 2. The van der Waals surface area contributed by atoms with Gasteiger partial charge in [-0.2, -0.15) is 4.36 Å². The van der Waals surface area contributed by atoms with Gasteiger partial charge in [0.1, 0.15) is 29.8 Å². The Labute approximate surface area is 236 Å². The van der Waals surface area contributed by atoms with Gasteiger partial charge in [-0.15, -0.1) is 0 Å². The molecule has 9 nitrogen and oxygen atoms in total. The highest BCUT2D eigenvalue weighted by molar-refractivity contribution is 7.93. The maximum absolute atomic E-state index is 15.3. The summed E-state index contributed by atoms with van der Waals surface area (Å²) in [5, 5.41) is 9.97. The second-order valence-corrected chi connectivity index (χ2v) is 13.2. The van der Waals surface area contributed by atoms with Crippen molar-refractivity contribution in [1.29, 1.82) is 0 Å². The van der Waals surface area contributed by atoms with Crippen LogP contribution in [0, 0.1) is 5.82 Å². The molecular formula is C30H30FN3O6S. The third kappa shape index (κ3) is 4.97. The molecule has 0 bridgehead atoms. The molecule has 4 aromatic rings. The molecule has 0 aliphatic carbocycles. The molecule has 0 amide bonds. The van der Waals surface area contributed by atoms with Crippen molar-refractivity contribution in [2.24, 2.45) is 4.36 Å². The summed E-state index contributed by atoms with van der Waals surface area (Å²) in [5.74, 6) is 1.72. The molecule has 3 aliphatic heterocycles. The minimum Gasteiger partial charge on any atom is -0.496 e. The summed E-state index contributed by atoms with van der Waals surface area (Å²) >= 11 is 0. The molecule has 3 fully saturated rings. The molecule has 214 valence electrons. The van der Waals surface area contributed by atoms with Crippen molar-refractivity contribution in [3.63, 3.8) is 0 Å². The molecule has 2 N–H and O–H groups in total. The molecular weight excluding hydrogens is 549 g/mol. The van der Waals surface area contributed by atoms with E-state index in [4.69, 9.17) is 18.9 Å². The molecule has 0 spiro atoms. The van der Waals surface area contributed by atoms with E-state index in [1.165, 1.54) is 6.07 Å². The highest BCUT2D eigenvalue weighted by atomic mass is 32.2. The standard InChI is InChI=1S/C30H30FN3O6S/c1-37-25-12-18(17-4-7-19(8-5-17)34-41(36)10-2-3-11-41)6-9-20(25)28-21(31)13-22-23(33-28)14-27(32-22)40-26-16-39-29-24(35)15-38-30(26)29/h4-9,12-14,24,26,29-30,32,35H,2-3,10-11,15-16H2,1H3/t24-,26-,29-,30-/m1/s1. The fourth-order valence-electron chi connectivity index (χ4n) is 5.79. The quantitative estimate of drug-likeness (QED) is 0.336. The van der Waals surface area contributed by atoms with Gasteiger partial charge in [-0.3, -0.25) is 0 Å². The lowest BCUT2D eigenvalue weighted by Gasteiger charge is -2.16. The smallest absolute Gasteiger partial charge is 0.193 e. The van der Waals surface area contributed by atoms with Gasteiger partial charge in [0.2, 0.25) is 0 Å². The van der Waals surface area contributed by atoms with Crippen LogP contribution in [0.5, 0.6) is 11.6 Å². The molecule has 0 unspecified atom stereocenters. The van der Waals surface area contributed by atoms with Crippen molar-refractivity contribution < 1.29 is 32.7 Å². The molecule has 5 heterocycles. The number of halogens is 1. The summed E-state index contributed by atoms with van der Waals surface area (Å²) in [7, 11) is -0.587. The van der Waals surface area contributed by atoms with Gasteiger partial charge >= 0.3 is 0 Å². The number of pyridine rings is 1. The second-order valence-electron chi connectivity index (χ2n) is 10.6. The van der Waals surface area contributed by atoms with Crippen molar-refractivity contribution in [3.8, 4) is 34.0 Å². The molecule has 11 heteroatoms. The molecule has 2 aromatic carbocycles. The van der Waals surface area contributed by atoms with E-state index in [1.54, 1.807) is 19.2 Å². The van der Waals surface area contributed by atoms with Crippen LogP contribution in [-0.2, 0) is 19.2 Å². The lowest BCUT2D eigenvalue weighted by Crippen LogP contribution is -2.34. The van der Waals surface area contributed by atoms with E-state index in [0.717, 1.165) is 24.0 Å². The summed E-state index contributed by atoms with van der Waals surface area (Å²) in [4.78, 5) is 7.65. The Morgan fingerprint density at radius 3 is 2.56 bits per heavy atom. The first-order valence-electron chi connectivity index (χ1n) is 13.7. The van der Waals surface area contributed by atoms with Gasteiger partial charge in [0, 0.05) is 29.2 Å². The van der Waals surface area contributed by atoms with Crippen LogP contribution < -0.4 is 9.47 Å². The molecule has 0 saturated carbocycles. The van der Waals surface area contributed by atoms with E-state index in [-0.39, 0.29) is 25.0 Å². The number of nitrogens with zero attached hydrogens (tertiary/aromatic N) is 2. The summed E-state index contributed by atoms with van der Waals surface area (Å²) in [5.41, 5.74) is 4.24. The average molecular weight is 580 g/mol. The monoisotopic (exact) mass is 579 g/mol. The van der Waals surface area contributed by atoms with Crippen LogP contribution in [-0.4, -0.2) is 75.5 Å². The number of H-pyrrole nitrogens is 1. The van der Waals surface area contributed by atoms with E-state index >= 15 is 4.39 Å². The highest BCUT2D eigenvalue weighted by Crippen LogP contribution is 2.37. The Kier molecular flexibility index (Phi) is 6.69. The summed E-state index contributed by atoms with van der Waals surface area (Å²) in [6.45, 7) is 0.499. The van der Waals surface area contributed by atoms with Gasteiger partial charge in [0.05, 0.1) is 46.8 Å². The zero-order chi connectivity index (χ0) is 28.1. The number of aliphatic hydroxyl groups excluding tert-OH is 1. The first-order valence-corrected chi connectivity index (χ1v) is 15.5. The summed E-state index contributed by atoms with van der Waals surface area (Å²) in [6, 6.07) is 16.3. The molecule has 7 rings (SSSR count). The maximum Gasteiger partial charge on any atom is 0.193 e. The van der Waals surface area contributed by atoms with Crippen LogP contribution in [0.4, 0.5) is 10.1 Å². The summed E-state index contributed by atoms with van der Waals surface area (Å²) in [6.07, 6.45) is 0.104. The number of hydrogen-bond donors (Lipinski definition) is 2. The average Bonchev–Trinajstić information content (AvgIpc) is 3.75. The van der Waals surface area contributed by atoms with Crippen molar-refractivity contribution in [3.05, 3.63) is 60.4 Å². The predicted octanol–water partition coefficient (Wildman–Crippen LogP) is 4.84. The number of benzene rings is 2. The minimum atomic E-state index is -2.13. The number of hydrogen-bond acceptors (Lipinski definition) is 8. The fourth-order valence-corrected chi connectivity index (χ4v) is 7.99. The van der Waals surface area contributed by atoms with Crippen LogP contribution in [0.1, 0.15) is 12.8 Å². The van der Waals surface area contributed by atoms with E-state index in [0.29, 0.717) is 45.4 Å². The Bertz CT molecular complexity index is 1720. The van der Waals surface area contributed by atoms with Gasteiger partial charge in [-0.25, -0.2) is 13.6 Å². The molecule has 0 radical (unpaired) electrons. The fraction of sp³-hybridized carbons (Fsp3) is 0.367. The van der Waals surface area contributed by atoms with Crippen LogP contribution >= 0.6 is 0 Å². The number of ether oxygens (including phenoxy) is 4. The van der Waals surface area contributed by atoms with Crippen molar-refractivity contribution >= 4 is 26.4 Å². The Balaban J connectivity index is 1.14. The van der Waals surface area contributed by atoms with Gasteiger partial charge in [0.25, 0.3) is 0 Å². The number of aliphatic hydroxyl groups is 1. The Morgan fingerprint density at radius 1 is 1.02 bits per heavy atom. The first-order chi connectivity index (χ1) is 19.9. The van der Waals surface area contributed by atoms with Crippen LogP contribution in [0.3, 0.4) is 0 Å². The van der Waals surface area contributed by atoms with Gasteiger partial charge in [-0.05, 0) is 48.2 Å². The highest BCUT2D eigenvalue weighted by Gasteiger charge is 2.48. The van der Waals surface area contributed by atoms with E-state index in [2.05, 4.69) is 14.3 Å². The van der Waals surface area contributed by atoms with Crippen molar-refractivity contribution in [2.45, 2.75) is 37.3 Å². The zero-order valence-corrected chi connectivity index (χ0v) is 23.2. The Morgan fingerprint density at radius 2 is 1.78 bits per heavy atom. The maximum atomic E-state index is 15.3. The summed E-state index contributed by atoms with van der Waals surface area (Å²) < 4.78 is 55.6. The second kappa shape index (κ2) is 10.4. The number of fused-ring (bicyclic) bond motifs is 2. The van der Waals surface area contributed by atoms with Crippen molar-refractivity contribution in [2.75, 3.05) is 31.8 Å². The molecule has 4 atom stereocenters. The van der Waals surface area contributed by atoms with E-state index in [1.807, 2.05) is 36.4 Å². The number of nitrogens with one attached hydrogen (secondary N) is 1. The van der Waals surface area contributed by atoms with Gasteiger partial charge in [0.15, 0.2) is 17.8 Å². The Hall–Kier alpha value is -3.51. The van der Waals surface area contributed by atoms with E-state index < -0.39 is 33.9 Å². The third-order valence-corrected chi connectivity index (χ3v) is 10.3. The number of methoxy groups -OCH3 is 1. The topological polar surface area (TPSA) is 115 Å². The van der Waals surface area contributed by atoms with Crippen LogP contribution in [0.15, 0.2) is 59.0 Å². The minimum absolute atomic E-state index is 0.160. The number of rotatable bonds is 6. The zero-order valence-electron chi connectivity index (χ0n) is 22.4. The molecule has 3 saturated heterocycles. The SMILES string of the molecule is COc1cc(-c2ccc(N=S3(=O)CCCC3)cc2)ccc1-c1nc2cc(O[C@@H]3CO[C@H]4[C@@H]3OC[C@H]4O)[nH]c2cc1F. The third-order valence-electron chi connectivity index (χ3n) is 7.90. The van der Waals surface area contributed by atoms with Gasteiger partial charge in [-0.1, -0.05) is 18.2 Å². The molecule has 3 aliphatic rings. The lowest BCUT2D eigenvalue weighted by molar-refractivity contribution is 0.00794. The molecule has 41 heavy (non-hydrogen) atoms. The van der Waals surface area contributed by atoms with Gasteiger partial charge < -0.3 is 29.0 Å². The normalized spacial score (nSPS) is 25.0. The molecule has 2 aromatic heterocycles. The van der Waals surface area contributed by atoms with Crippen LogP contribution in [0.25, 0.3) is 33.4 Å². The predicted molar refractivity (Wildman–Crippen MR) is 153 cm³/mol. The van der Waals surface area contributed by atoms with E-state index in [9.17, 15) is 9.32 Å². The number of aromatic amines is 1. The van der Waals surface area contributed by atoms with Crippen molar-refractivity contribution in [1.82, 2.24) is 9.97 Å². The first kappa shape index (κ1) is 26.4.